The van der Waals surface area contributed by atoms with Crippen LogP contribution in [0.1, 0.15) is 17.3 Å². The maximum Gasteiger partial charge on any atom is 0.155 e. The van der Waals surface area contributed by atoms with Gasteiger partial charge in [-0.05, 0) is 24.1 Å². The fourth-order valence-electron chi connectivity index (χ4n) is 3.45. The Morgan fingerprint density at radius 3 is 2.74 bits per heavy atom. The van der Waals surface area contributed by atoms with E-state index >= 15 is 0 Å². The van der Waals surface area contributed by atoms with Gasteiger partial charge < -0.3 is 10.5 Å². The number of ether oxygens (including phenoxy) is 1. The Morgan fingerprint density at radius 1 is 1.07 bits per heavy atom. The quantitative estimate of drug-likeness (QED) is 0.561. The van der Waals surface area contributed by atoms with E-state index in [1.165, 1.54) is 0 Å². The number of imidazole rings is 1. The third-order valence-electron chi connectivity index (χ3n) is 4.78. The molecule has 2 N–H and O–H groups in total. The Hall–Kier alpha value is -3.62. The maximum absolute atomic E-state index is 6.08. The number of fused-ring (bicyclic) bond motifs is 2. The van der Waals surface area contributed by atoms with Crippen molar-refractivity contribution in [2.75, 3.05) is 6.61 Å². The molecule has 0 bridgehead atoms. The molecule has 3 heterocycles. The first-order valence-electron chi connectivity index (χ1n) is 8.69. The maximum atomic E-state index is 6.08. The molecule has 130 valence electrons. The van der Waals surface area contributed by atoms with E-state index in [4.69, 9.17) is 21.9 Å². The van der Waals surface area contributed by atoms with Crippen molar-refractivity contribution in [2.24, 2.45) is 5.73 Å². The van der Waals surface area contributed by atoms with Crippen molar-refractivity contribution in [3.63, 3.8) is 0 Å². The molecule has 0 radical (unpaired) electrons. The van der Waals surface area contributed by atoms with Gasteiger partial charge in [-0.1, -0.05) is 42.5 Å². The average molecular weight is 352 g/mol. The summed E-state index contributed by atoms with van der Waals surface area (Å²) in [6.45, 7) is 0.503. The molecule has 27 heavy (non-hydrogen) atoms. The molecule has 0 saturated carbocycles. The van der Waals surface area contributed by atoms with Gasteiger partial charge >= 0.3 is 0 Å². The molecule has 4 aromatic rings. The number of hydrogen-bond acceptors (Lipinski definition) is 4. The van der Waals surface area contributed by atoms with Gasteiger partial charge in [-0.15, -0.1) is 6.42 Å². The number of hydrogen-bond donors (Lipinski definition) is 1. The van der Waals surface area contributed by atoms with E-state index in [2.05, 4.69) is 11.0 Å². The zero-order valence-electron chi connectivity index (χ0n) is 14.5. The lowest BCUT2D eigenvalue weighted by Gasteiger charge is -2.07. The molecule has 5 heteroatoms. The molecule has 5 nitrogen and oxygen atoms in total. The summed E-state index contributed by atoms with van der Waals surface area (Å²) >= 11 is 0. The van der Waals surface area contributed by atoms with E-state index in [9.17, 15) is 0 Å². The average Bonchev–Trinajstić information content (AvgIpc) is 3.28. The van der Waals surface area contributed by atoms with E-state index in [-0.39, 0.29) is 6.04 Å². The minimum atomic E-state index is -0.0800. The highest BCUT2D eigenvalue weighted by Crippen LogP contribution is 2.38. The lowest BCUT2D eigenvalue weighted by molar-refractivity contribution is 0.333. The molecular formula is C22H16N4O. The van der Waals surface area contributed by atoms with Crippen molar-refractivity contribution in [3.8, 4) is 40.6 Å². The van der Waals surface area contributed by atoms with Gasteiger partial charge in [0.05, 0.1) is 11.7 Å². The molecule has 1 aliphatic rings. The van der Waals surface area contributed by atoms with Crippen LogP contribution >= 0.6 is 0 Å². The monoisotopic (exact) mass is 352 g/mol. The number of aromatic nitrogens is 3. The predicted molar refractivity (Wildman–Crippen MR) is 104 cm³/mol. The molecular weight excluding hydrogens is 336 g/mol. The van der Waals surface area contributed by atoms with E-state index in [0.29, 0.717) is 12.3 Å². The lowest BCUT2D eigenvalue weighted by Crippen LogP contribution is -2.10. The Labute approximate surface area is 156 Å². The highest BCUT2D eigenvalue weighted by Gasteiger charge is 2.23. The summed E-state index contributed by atoms with van der Waals surface area (Å²) in [7, 11) is 0. The summed E-state index contributed by atoms with van der Waals surface area (Å²) in [4.78, 5) is 4.82. The topological polar surface area (TPSA) is 65.4 Å². The Balaban J connectivity index is 1.79. The van der Waals surface area contributed by atoms with Gasteiger partial charge in [-0.2, -0.15) is 5.10 Å². The third-order valence-corrected chi connectivity index (χ3v) is 4.78. The summed E-state index contributed by atoms with van der Waals surface area (Å²) in [5.74, 6) is 3.41. The number of rotatable bonds is 2. The van der Waals surface area contributed by atoms with Crippen LogP contribution in [-0.4, -0.2) is 21.2 Å². The van der Waals surface area contributed by atoms with Crippen LogP contribution in [0.25, 0.3) is 28.2 Å². The van der Waals surface area contributed by atoms with Gasteiger partial charge in [-0.25, -0.2) is 9.50 Å². The molecule has 0 spiro atoms. The predicted octanol–water partition coefficient (Wildman–Crippen LogP) is 3.44. The largest absolute Gasteiger partial charge is 0.491 e. The molecule has 1 aliphatic heterocycles. The van der Waals surface area contributed by atoms with E-state index in [0.717, 1.165) is 39.5 Å². The van der Waals surface area contributed by atoms with Gasteiger partial charge in [0.25, 0.3) is 0 Å². The Bertz CT molecular complexity index is 1200. The second kappa shape index (κ2) is 5.97. The van der Waals surface area contributed by atoms with E-state index in [1.807, 2.05) is 54.6 Å². The zero-order chi connectivity index (χ0) is 18.4. The molecule has 5 rings (SSSR count). The first kappa shape index (κ1) is 15.6. The smallest absolute Gasteiger partial charge is 0.155 e. The third kappa shape index (κ3) is 2.47. The second-order valence-electron chi connectivity index (χ2n) is 6.48. The molecule has 0 saturated heterocycles. The van der Waals surface area contributed by atoms with Crippen molar-refractivity contribution < 1.29 is 4.74 Å². The van der Waals surface area contributed by atoms with Crippen LogP contribution < -0.4 is 10.5 Å². The molecule has 0 fully saturated rings. The molecule has 0 aliphatic carbocycles. The Kier molecular flexibility index (Phi) is 3.46. The van der Waals surface area contributed by atoms with Crippen molar-refractivity contribution >= 4 is 5.65 Å². The van der Waals surface area contributed by atoms with Gasteiger partial charge in [0.1, 0.15) is 23.7 Å². The summed E-state index contributed by atoms with van der Waals surface area (Å²) in [5, 5.41) is 4.57. The molecule has 2 aromatic carbocycles. The first-order chi connectivity index (χ1) is 13.2. The normalized spacial score (nSPS) is 15.3. The number of terminal acetylenes is 1. The van der Waals surface area contributed by atoms with Gasteiger partial charge in [-0.3, -0.25) is 0 Å². The van der Waals surface area contributed by atoms with Crippen molar-refractivity contribution in [1.29, 1.82) is 0 Å². The van der Waals surface area contributed by atoms with Crippen LogP contribution in [0.2, 0.25) is 0 Å². The molecule has 1 atom stereocenters. The van der Waals surface area contributed by atoms with Crippen LogP contribution in [0.3, 0.4) is 0 Å². The van der Waals surface area contributed by atoms with Crippen LogP contribution in [0.4, 0.5) is 0 Å². The van der Waals surface area contributed by atoms with E-state index < -0.39 is 0 Å². The van der Waals surface area contributed by atoms with E-state index in [1.54, 1.807) is 10.6 Å². The summed E-state index contributed by atoms with van der Waals surface area (Å²) < 4.78 is 7.53. The number of benzene rings is 2. The van der Waals surface area contributed by atoms with Crippen LogP contribution in [-0.2, 0) is 0 Å². The standard InChI is InChI=1S/C22H16N4O/c1-2-16-9-11-20-24-21(15-8-10-17-18(23)13-27-19(17)12-15)22(26(20)25-16)14-6-4-3-5-7-14/h1,3-12,18H,13,23H2/t18-/m0/s1. The zero-order valence-corrected chi connectivity index (χ0v) is 14.5. The van der Waals surface area contributed by atoms with Crippen molar-refractivity contribution in [2.45, 2.75) is 6.04 Å². The lowest BCUT2D eigenvalue weighted by atomic mass is 10.0. The summed E-state index contributed by atoms with van der Waals surface area (Å²) in [6.07, 6.45) is 5.55. The molecule has 0 unspecified atom stereocenters. The number of nitrogens with two attached hydrogens (primary N) is 1. The first-order valence-corrected chi connectivity index (χ1v) is 8.69. The Morgan fingerprint density at radius 2 is 1.93 bits per heavy atom. The summed E-state index contributed by atoms with van der Waals surface area (Å²) in [6, 6.07) is 19.7. The van der Waals surface area contributed by atoms with Crippen LogP contribution in [0.5, 0.6) is 5.75 Å². The van der Waals surface area contributed by atoms with Crippen LogP contribution in [0.15, 0.2) is 60.7 Å². The molecule has 0 amide bonds. The summed E-state index contributed by atoms with van der Waals surface area (Å²) in [5.41, 5.74) is 12.1. The van der Waals surface area contributed by atoms with Gasteiger partial charge in [0.2, 0.25) is 0 Å². The van der Waals surface area contributed by atoms with Crippen molar-refractivity contribution in [1.82, 2.24) is 14.6 Å². The molecule has 2 aromatic heterocycles. The van der Waals surface area contributed by atoms with Gasteiger partial charge in [0.15, 0.2) is 5.65 Å². The fraction of sp³-hybridized carbons (Fsp3) is 0.0909. The highest BCUT2D eigenvalue weighted by molar-refractivity contribution is 5.82. The number of nitrogens with zero attached hydrogens (tertiary/aromatic N) is 3. The van der Waals surface area contributed by atoms with Crippen LogP contribution in [0, 0.1) is 12.3 Å². The van der Waals surface area contributed by atoms with Crippen molar-refractivity contribution in [3.05, 3.63) is 71.9 Å². The van der Waals surface area contributed by atoms with Gasteiger partial charge in [0, 0.05) is 16.7 Å². The minimum Gasteiger partial charge on any atom is -0.491 e. The SMILES string of the molecule is C#Cc1ccc2nc(-c3ccc4c(c3)OC[C@@H]4N)c(-c3ccccc3)n2n1. The highest BCUT2D eigenvalue weighted by atomic mass is 16.5. The fourth-order valence-corrected chi connectivity index (χ4v) is 3.45. The minimum absolute atomic E-state index is 0.0800. The second-order valence-corrected chi connectivity index (χ2v) is 6.48.